The Labute approximate surface area is 207 Å². The number of likely N-dealkylation sites (tertiary alicyclic amines) is 1. The number of aromatic nitrogens is 1. The van der Waals surface area contributed by atoms with Crippen LogP contribution in [0.25, 0.3) is 10.6 Å². The SMILES string of the molecule is O=C(NC1CC1)c1csc(-c2cccc(NC(=O)C3CCCN3C(=O)OCc3ccccc3)c2)n1. The van der Waals surface area contributed by atoms with Gasteiger partial charge in [-0.15, -0.1) is 11.3 Å². The Hall–Kier alpha value is -3.72. The van der Waals surface area contributed by atoms with Crippen LogP contribution in [0.5, 0.6) is 0 Å². The van der Waals surface area contributed by atoms with Gasteiger partial charge in [0.15, 0.2) is 0 Å². The topological polar surface area (TPSA) is 101 Å². The Morgan fingerprint density at radius 3 is 2.69 bits per heavy atom. The summed E-state index contributed by atoms with van der Waals surface area (Å²) in [5, 5.41) is 8.32. The normalized spacial score (nSPS) is 17.1. The van der Waals surface area contributed by atoms with Gasteiger partial charge in [-0.3, -0.25) is 14.5 Å². The lowest BCUT2D eigenvalue weighted by molar-refractivity contribution is -0.120. The summed E-state index contributed by atoms with van der Waals surface area (Å²) in [4.78, 5) is 43.9. The van der Waals surface area contributed by atoms with Crippen molar-refractivity contribution >= 4 is 34.9 Å². The van der Waals surface area contributed by atoms with Gasteiger partial charge in [0, 0.05) is 29.2 Å². The van der Waals surface area contributed by atoms with E-state index in [1.807, 2.05) is 48.5 Å². The van der Waals surface area contributed by atoms with Crippen LogP contribution in [-0.2, 0) is 16.1 Å². The molecule has 2 heterocycles. The number of thiazole rings is 1. The molecule has 5 rings (SSSR count). The predicted molar refractivity (Wildman–Crippen MR) is 133 cm³/mol. The highest BCUT2D eigenvalue weighted by Crippen LogP contribution is 2.28. The molecule has 2 fully saturated rings. The lowest BCUT2D eigenvalue weighted by atomic mass is 10.1. The quantitative estimate of drug-likeness (QED) is 0.510. The van der Waals surface area contributed by atoms with Gasteiger partial charge >= 0.3 is 6.09 Å². The molecule has 2 aliphatic rings. The van der Waals surface area contributed by atoms with Crippen molar-refractivity contribution in [3.05, 3.63) is 71.2 Å². The Bertz CT molecular complexity index is 1220. The van der Waals surface area contributed by atoms with Crippen LogP contribution in [0.2, 0.25) is 0 Å². The minimum Gasteiger partial charge on any atom is -0.445 e. The summed E-state index contributed by atoms with van der Waals surface area (Å²) in [5.41, 5.74) is 2.72. The summed E-state index contributed by atoms with van der Waals surface area (Å²) in [6, 6.07) is 16.5. The van der Waals surface area contributed by atoms with E-state index in [1.54, 1.807) is 11.4 Å². The molecule has 0 spiro atoms. The standard InChI is InChI=1S/C26H26N4O4S/c31-23(27-19-11-12-19)21-16-35-25(29-21)18-8-4-9-20(14-18)28-24(32)22-10-5-13-30(22)26(33)34-15-17-6-2-1-3-7-17/h1-4,6-9,14,16,19,22H,5,10-13,15H2,(H,27,31)(H,28,32). The minimum absolute atomic E-state index is 0.153. The summed E-state index contributed by atoms with van der Waals surface area (Å²) in [7, 11) is 0. The van der Waals surface area contributed by atoms with Crippen LogP contribution in [0.3, 0.4) is 0 Å². The molecule has 1 atom stereocenters. The van der Waals surface area contributed by atoms with E-state index < -0.39 is 12.1 Å². The summed E-state index contributed by atoms with van der Waals surface area (Å²) < 4.78 is 5.44. The highest BCUT2D eigenvalue weighted by molar-refractivity contribution is 7.13. The molecule has 1 aromatic heterocycles. The molecule has 1 aliphatic carbocycles. The van der Waals surface area contributed by atoms with Crippen molar-refractivity contribution in [3.8, 4) is 10.6 Å². The van der Waals surface area contributed by atoms with Crippen molar-refractivity contribution in [3.63, 3.8) is 0 Å². The van der Waals surface area contributed by atoms with E-state index in [1.165, 1.54) is 16.2 Å². The molecule has 180 valence electrons. The van der Waals surface area contributed by atoms with Crippen molar-refractivity contribution in [1.29, 1.82) is 0 Å². The fourth-order valence-electron chi connectivity index (χ4n) is 4.01. The summed E-state index contributed by atoms with van der Waals surface area (Å²) >= 11 is 1.39. The molecule has 35 heavy (non-hydrogen) atoms. The third-order valence-corrected chi connectivity index (χ3v) is 6.91. The second-order valence-corrected chi connectivity index (χ2v) is 9.61. The second-order valence-electron chi connectivity index (χ2n) is 8.75. The molecule has 0 radical (unpaired) electrons. The number of hydrogen-bond donors (Lipinski definition) is 2. The third-order valence-electron chi connectivity index (χ3n) is 6.02. The number of amides is 3. The van der Waals surface area contributed by atoms with Crippen LogP contribution in [0.4, 0.5) is 10.5 Å². The average molecular weight is 491 g/mol. The van der Waals surface area contributed by atoms with Gasteiger partial charge in [0.25, 0.3) is 5.91 Å². The highest BCUT2D eigenvalue weighted by atomic mass is 32.1. The van der Waals surface area contributed by atoms with Gasteiger partial charge in [0.2, 0.25) is 5.91 Å². The number of carbonyl (C=O) groups is 3. The Balaban J connectivity index is 1.21. The number of carbonyl (C=O) groups excluding carboxylic acids is 3. The van der Waals surface area contributed by atoms with E-state index in [0.29, 0.717) is 29.4 Å². The lowest BCUT2D eigenvalue weighted by Gasteiger charge is -2.23. The monoisotopic (exact) mass is 490 g/mol. The number of nitrogens with one attached hydrogen (secondary N) is 2. The molecule has 1 aliphatic heterocycles. The molecule has 2 aromatic carbocycles. The molecule has 3 aromatic rings. The Morgan fingerprint density at radius 2 is 1.89 bits per heavy atom. The molecule has 3 amide bonds. The van der Waals surface area contributed by atoms with Gasteiger partial charge in [-0.2, -0.15) is 0 Å². The summed E-state index contributed by atoms with van der Waals surface area (Å²) in [6.07, 6.45) is 2.88. The highest BCUT2D eigenvalue weighted by Gasteiger charge is 2.35. The van der Waals surface area contributed by atoms with E-state index in [4.69, 9.17) is 4.74 Å². The van der Waals surface area contributed by atoms with E-state index in [9.17, 15) is 14.4 Å². The Kier molecular flexibility index (Phi) is 6.76. The molecule has 9 heteroatoms. The molecule has 8 nitrogen and oxygen atoms in total. The zero-order chi connectivity index (χ0) is 24.2. The molecule has 1 unspecified atom stereocenters. The number of nitrogens with zero attached hydrogens (tertiary/aromatic N) is 2. The first-order valence-electron chi connectivity index (χ1n) is 11.7. The first kappa shape index (κ1) is 23.0. The maximum Gasteiger partial charge on any atom is 0.410 e. The molecule has 2 N–H and O–H groups in total. The smallest absolute Gasteiger partial charge is 0.410 e. The van der Waals surface area contributed by atoms with Gasteiger partial charge in [-0.05, 0) is 43.4 Å². The molecule has 1 saturated carbocycles. The maximum atomic E-state index is 13.0. The van der Waals surface area contributed by atoms with Crippen LogP contribution in [0.1, 0.15) is 41.7 Å². The van der Waals surface area contributed by atoms with Crippen molar-refractivity contribution in [1.82, 2.24) is 15.2 Å². The van der Waals surface area contributed by atoms with Crippen LogP contribution in [0.15, 0.2) is 60.0 Å². The zero-order valence-corrected chi connectivity index (χ0v) is 19.9. The summed E-state index contributed by atoms with van der Waals surface area (Å²) in [5.74, 6) is -0.403. The van der Waals surface area contributed by atoms with Gasteiger partial charge in [0.1, 0.15) is 23.4 Å². The van der Waals surface area contributed by atoms with Crippen LogP contribution in [-0.4, -0.2) is 46.4 Å². The number of anilines is 1. The number of benzene rings is 2. The number of hydrogen-bond acceptors (Lipinski definition) is 6. The summed E-state index contributed by atoms with van der Waals surface area (Å²) in [6.45, 7) is 0.650. The van der Waals surface area contributed by atoms with Crippen LogP contribution < -0.4 is 10.6 Å². The van der Waals surface area contributed by atoms with Crippen molar-refractivity contribution in [2.75, 3.05) is 11.9 Å². The predicted octanol–water partition coefficient (Wildman–Crippen LogP) is 4.44. The third kappa shape index (κ3) is 5.68. The van der Waals surface area contributed by atoms with Gasteiger partial charge in [0.05, 0.1) is 0 Å². The van der Waals surface area contributed by atoms with E-state index >= 15 is 0 Å². The fraction of sp³-hybridized carbons (Fsp3) is 0.308. The van der Waals surface area contributed by atoms with E-state index in [0.717, 1.165) is 30.4 Å². The molecule has 0 bridgehead atoms. The fourth-order valence-corrected chi connectivity index (χ4v) is 4.81. The minimum atomic E-state index is -0.584. The number of rotatable bonds is 7. The van der Waals surface area contributed by atoms with E-state index in [2.05, 4.69) is 15.6 Å². The van der Waals surface area contributed by atoms with E-state index in [-0.39, 0.29) is 24.5 Å². The number of ether oxygens (including phenoxy) is 1. The molecular formula is C26H26N4O4S. The van der Waals surface area contributed by atoms with Crippen molar-refractivity contribution in [2.24, 2.45) is 0 Å². The van der Waals surface area contributed by atoms with Crippen molar-refractivity contribution < 1.29 is 19.1 Å². The average Bonchev–Trinajstić information content (AvgIpc) is 3.35. The Morgan fingerprint density at radius 1 is 1.06 bits per heavy atom. The van der Waals surface area contributed by atoms with Gasteiger partial charge < -0.3 is 15.4 Å². The van der Waals surface area contributed by atoms with Gasteiger partial charge in [-0.25, -0.2) is 9.78 Å². The van der Waals surface area contributed by atoms with Crippen LogP contribution >= 0.6 is 11.3 Å². The molecule has 1 saturated heterocycles. The van der Waals surface area contributed by atoms with Crippen molar-refractivity contribution in [2.45, 2.75) is 44.4 Å². The second kappa shape index (κ2) is 10.3. The maximum absolute atomic E-state index is 13.0. The van der Waals surface area contributed by atoms with Crippen LogP contribution in [0, 0.1) is 0 Å². The lowest BCUT2D eigenvalue weighted by Crippen LogP contribution is -2.43. The molecular weight excluding hydrogens is 464 g/mol. The van der Waals surface area contributed by atoms with Gasteiger partial charge in [-0.1, -0.05) is 42.5 Å². The zero-order valence-electron chi connectivity index (χ0n) is 19.1. The first-order valence-corrected chi connectivity index (χ1v) is 12.6. The largest absolute Gasteiger partial charge is 0.445 e. The first-order chi connectivity index (χ1) is 17.1.